The van der Waals surface area contributed by atoms with Gasteiger partial charge in [0.25, 0.3) is 0 Å². The van der Waals surface area contributed by atoms with Crippen molar-refractivity contribution in [2.45, 2.75) is 6.61 Å². The molecule has 0 spiro atoms. The monoisotopic (exact) mass is 342 g/mol. The molecule has 0 N–H and O–H groups in total. The second-order valence-corrected chi connectivity index (χ2v) is 4.67. The lowest BCUT2D eigenvalue weighted by Gasteiger charge is -2.11. The summed E-state index contributed by atoms with van der Waals surface area (Å²) in [6.45, 7) is -0.897. The van der Waals surface area contributed by atoms with Crippen LogP contribution in [0.2, 0.25) is 10.0 Å². The van der Waals surface area contributed by atoms with Crippen LogP contribution >= 0.6 is 23.2 Å². The van der Waals surface area contributed by atoms with Crippen molar-refractivity contribution < 1.29 is 26.7 Å². The highest BCUT2D eigenvalue weighted by molar-refractivity contribution is 6.42. The van der Waals surface area contributed by atoms with Crippen molar-refractivity contribution in [2.75, 3.05) is 0 Å². The third-order valence-electron chi connectivity index (χ3n) is 2.59. The summed E-state index contributed by atoms with van der Waals surface area (Å²) in [5.74, 6) is -10.3. The quantitative estimate of drug-likeness (QED) is 0.419. The molecule has 0 radical (unpaired) electrons. The van der Waals surface area contributed by atoms with Crippen LogP contribution in [0.25, 0.3) is 0 Å². The summed E-state index contributed by atoms with van der Waals surface area (Å²) in [5, 5.41) is 0.0783. The Kier molecular flexibility index (Phi) is 4.58. The molecule has 0 bridgehead atoms. The number of hydrogen-bond acceptors (Lipinski definition) is 1. The van der Waals surface area contributed by atoms with Gasteiger partial charge in [0.1, 0.15) is 17.4 Å². The maximum absolute atomic E-state index is 13.4. The maximum atomic E-state index is 13.4. The lowest BCUT2D eigenvalue weighted by Crippen LogP contribution is -2.10. The summed E-state index contributed by atoms with van der Waals surface area (Å²) in [4.78, 5) is 0. The van der Waals surface area contributed by atoms with Crippen molar-refractivity contribution >= 4 is 23.2 Å². The fraction of sp³-hybridized carbons (Fsp3) is 0.0769. The van der Waals surface area contributed by atoms with E-state index < -0.39 is 41.3 Å². The second kappa shape index (κ2) is 6.07. The van der Waals surface area contributed by atoms with Gasteiger partial charge in [0.2, 0.25) is 5.82 Å². The number of benzene rings is 2. The van der Waals surface area contributed by atoms with Crippen LogP contribution in [-0.2, 0) is 6.61 Å². The van der Waals surface area contributed by atoms with Crippen LogP contribution in [0.15, 0.2) is 18.2 Å². The highest BCUT2D eigenvalue weighted by Crippen LogP contribution is 2.32. The minimum absolute atomic E-state index is 0.0389. The van der Waals surface area contributed by atoms with Gasteiger partial charge in [-0.05, 0) is 12.1 Å². The Labute approximate surface area is 125 Å². The lowest BCUT2D eigenvalue weighted by atomic mass is 10.2. The van der Waals surface area contributed by atoms with Crippen LogP contribution in [0.4, 0.5) is 22.0 Å². The minimum atomic E-state index is -2.23. The smallest absolute Gasteiger partial charge is 0.200 e. The molecule has 2 aromatic carbocycles. The van der Waals surface area contributed by atoms with Gasteiger partial charge in [-0.25, -0.2) is 22.0 Å². The summed E-state index contributed by atoms with van der Waals surface area (Å²) in [6, 6.07) is 4.22. The van der Waals surface area contributed by atoms with E-state index in [9.17, 15) is 22.0 Å². The van der Waals surface area contributed by atoms with Crippen molar-refractivity contribution in [2.24, 2.45) is 0 Å². The molecule has 0 saturated carbocycles. The first-order valence-electron chi connectivity index (χ1n) is 5.41. The van der Waals surface area contributed by atoms with Crippen LogP contribution in [0.1, 0.15) is 5.56 Å². The molecule has 21 heavy (non-hydrogen) atoms. The molecule has 0 unspecified atom stereocenters. The fourth-order valence-corrected chi connectivity index (χ4v) is 1.87. The van der Waals surface area contributed by atoms with Crippen molar-refractivity contribution in [3.8, 4) is 5.75 Å². The van der Waals surface area contributed by atoms with E-state index in [1.807, 2.05) is 0 Å². The Hall–Kier alpha value is -1.53. The highest BCUT2D eigenvalue weighted by Gasteiger charge is 2.26. The first-order chi connectivity index (χ1) is 9.84. The highest BCUT2D eigenvalue weighted by atomic mass is 35.5. The SMILES string of the molecule is Fc1c(F)c(F)c(COc2cccc(Cl)c2Cl)c(F)c1F. The molecule has 0 amide bonds. The average Bonchev–Trinajstić information content (AvgIpc) is 2.47. The van der Waals surface area contributed by atoms with E-state index in [-0.39, 0.29) is 15.8 Å². The molecule has 0 aliphatic carbocycles. The van der Waals surface area contributed by atoms with Gasteiger partial charge in [0.05, 0.1) is 10.6 Å². The standard InChI is InChI=1S/C13H5Cl2F5O/c14-6-2-1-3-7(8(6)15)21-4-5-9(16)11(18)13(20)12(19)10(5)17/h1-3H,4H2. The maximum Gasteiger partial charge on any atom is 0.200 e. The molecule has 8 heteroatoms. The first-order valence-corrected chi connectivity index (χ1v) is 6.17. The van der Waals surface area contributed by atoms with Crippen LogP contribution in [0, 0.1) is 29.1 Å². The zero-order valence-corrected chi connectivity index (χ0v) is 11.5. The Morgan fingerprint density at radius 2 is 1.33 bits per heavy atom. The lowest BCUT2D eigenvalue weighted by molar-refractivity contribution is 0.279. The molecule has 2 aromatic rings. The van der Waals surface area contributed by atoms with Crippen molar-refractivity contribution in [1.82, 2.24) is 0 Å². The second-order valence-electron chi connectivity index (χ2n) is 3.89. The van der Waals surface area contributed by atoms with Crippen LogP contribution in [-0.4, -0.2) is 0 Å². The summed E-state index contributed by atoms with van der Waals surface area (Å²) in [6.07, 6.45) is 0. The van der Waals surface area contributed by atoms with E-state index in [2.05, 4.69) is 0 Å². The predicted octanol–water partition coefficient (Wildman–Crippen LogP) is 5.27. The molecule has 0 atom stereocenters. The molecule has 0 heterocycles. The average molecular weight is 343 g/mol. The molecule has 0 aromatic heterocycles. The normalized spacial score (nSPS) is 10.8. The van der Waals surface area contributed by atoms with Gasteiger partial charge in [0.15, 0.2) is 23.3 Å². The van der Waals surface area contributed by atoms with Gasteiger partial charge in [-0.3, -0.25) is 0 Å². The van der Waals surface area contributed by atoms with Gasteiger partial charge in [-0.1, -0.05) is 29.3 Å². The van der Waals surface area contributed by atoms with Crippen LogP contribution in [0.3, 0.4) is 0 Å². The van der Waals surface area contributed by atoms with Gasteiger partial charge >= 0.3 is 0 Å². The molecule has 0 aliphatic rings. The van der Waals surface area contributed by atoms with E-state index in [1.165, 1.54) is 18.2 Å². The molecule has 0 fully saturated rings. The van der Waals surface area contributed by atoms with Crippen LogP contribution < -0.4 is 4.74 Å². The summed E-state index contributed by atoms with van der Waals surface area (Å²) >= 11 is 11.5. The number of rotatable bonds is 3. The van der Waals surface area contributed by atoms with E-state index in [4.69, 9.17) is 27.9 Å². The summed E-state index contributed by atoms with van der Waals surface area (Å²) in [5.41, 5.74) is -1.09. The van der Waals surface area contributed by atoms with Gasteiger partial charge < -0.3 is 4.74 Å². The summed E-state index contributed by atoms with van der Waals surface area (Å²) in [7, 11) is 0. The number of ether oxygens (including phenoxy) is 1. The Morgan fingerprint density at radius 1 is 0.810 bits per heavy atom. The van der Waals surface area contributed by atoms with Gasteiger partial charge in [0, 0.05) is 0 Å². The summed E-state index contributed by atoms with van der Waals surface area (Å²) < 4.78 is 70.7. The molecule has 0 aliphatic heterocycles. The largest absolute Gasteiger partial charge is 0.487 e. The van der Waals surface area contributed by atoms with Crippen molar-refractivity contribution in [3.63, 3.8) is 0 Å². The van der Waals surface area contributed by atoms with E-state index in [1.54, 1.807) is 0 Å². The van der Waals surface area contributed by atoms with Crippen LogP contribution in [0.5, 0.6) is 5.75 Å². The molecule has 2 rings (SSSR count). The molecule has 1 nitrogen and oxygen atoms in total. The van der Waals surface area contributed by atoms with E-state index in [0.29, 0.717) is 0 Å². The van der Waals surface area contributed by atoms with Crippen molar-refractivity contribution in [3.05, 3.63) is 62.9 Å². The molecular weight excluding hydrogens is 338 g/mol. The van der Waals surface area contributed by atoms with E-state index in [0.717, 1.165) is 0 Å². The Balaban J connectivity index is 2.35. The minimum Gasteiger partial charge on any atom is -0.487 e. The topological polar surface area (TPSA) is 9.23 Å². The predicted molar refractivity (Wildman–Crippen MR) is 67.0 cm³/mol. The van der Waals surface area contributed by atoms with Gasteiger partial charge in [-0.15, -0.1) is 0 Å². The fourth-order valence-electron chi connectivity index (χ4n) is 1.52. The first kappa shape index (κ1) is 15.9. The molecule has 112 valence electrons. The van der Waals surface area contributed by atoms with Crippen molar-refractivity contribution in [1.29, 1.82) is 0 Å². The molecular formula is C13H5Cl2F5O. The Bertz CT molecular complexity index is 676. The van der Waals surface area contributed by atoms with E-state index >= 15 is 0 Å². The third kappa shape index (κ3) is 2.91. The third-order valence-corrected chi connectivity index (χ3v) is 3.39. The van der Waals surface area contributed by atoms with Gasteiger partial charge in [-0.2, -0.15) is 0 Å². The zero-order chi connectivity index (χ0) is 15.7. The zero-order valence-electron chi connectivity index (χ0n) is 9.99. The molecule has 0 saturated heterocycles. The number of halogens is 7. The Morgan fingerprint density at radius 3 is 1.90 bits per heavy atom. The number of hydrogen-bond donors (Lipinski definition) is 0.